The van der Waals surface area contributed by atoms with Gasteiger partial charge in [0.25, 0.3) is 0 Å². The molecule has 1 aromatic carbocycles. The van der Waals surface area contributed by atoms with Gasteiger partial charge < -0.3 is 10.6 Å². The molecule has 18 heavy (non-hydrogen) atoms. The van der Waals surface area contributed by atoms with Gasteiger partial charge in [-0.3, -0.25) is 9.59 Å². The normalized spacial score (nSPS) is 16.6. The molecular formula is C13H15BrN2O2. The second-order valence-corrected chi connectivity index (χ2v) is 5.34. The molecule has 4 nitrogen and oxygen atoms in total. The lowest BCUT2D eigenvalue weighted by Gasteiger charge is -2.32. The van der Waals surface area contributed by atoms with Crippen LogP contribution < -0.4 is 10.6 Å². The van der Waals surface area contributed by atoms with Crippen molar-refractivity contribution in [1.29, 1.82) is 0 Å². The van der Waals surface area contributed by atoms with E-state index in [1.165, 1.54) is 0 Å². The van der Waals surface area contributed by atoms with Gasteiger partial charge in [-0.2, -0.15) is 0 Å². The third kappa shape index (κ3) is 2.72. The summed E-state index contributed by atoms with van der Waals surface area (Å²) in [5.41, 5.74) is 7.02. The van der Waals surface area contributed by atoms with Crippen LogP contribution in [-0.2, 0) is 4.79 Å². The van der Waals surface area contributed by atoms with Crippen molar-refractivity contribution in [3.8, 4) is 0 Å². The van der Waals surface area contributed by atoms with Crippen molar-refractivity contribution in [3.05, 3.63) is 28.2 Å². The van der Waals surface area contributed by atoms with Gasteiger partial charge in [-0.1, -0.05) is 0 Å². The molecule has 0 bridgehead atoms. The number of rotatable bonds is 3. The first-order chi connectivity index (χ1) is 8.61. The molecule has 0 atom stereocenters. The Morgan fingerprint density at radius 3 is 2.56 bits per heavy atom. The molecule has 96 valence electrons. The first-order valence-corrected chi connectivity index (χ1v) is 6.70. The average molecular weight is 311 g/mol. The highest BCUT2D eigenvalue weighted by Crippen LogP contribution is 2.27. The van der Waals surface area contributed by atoms with Crippen LogP contribution in [0.25, 0.3) is 0 Å². The quantitative estimate of drug-likeness (QED) is 0.868. The second kappa shape index (κ2) is 5.52. The number of hydrogen-bond donors (Lipinski definition) is 1. The third-order valence-corrected chi connectivity index (χ3v) is 4.06. The average Bonchev–Trinajstić information content (AvgIpc) is 2.38. The molecule has 0 aromatic heterocycles. The highest BCUT2D eigenvalue weighted by atomic mass is 79.9. The largest absolute Gasteiger partial charge is 0.371 e. The minimum atomic E-state index is -0.202. The summed E-state index contributed by atoms with van der Waals surface area (Å²) < 4.78 is 0.798. The fourth-order valence-electron chi connectivity index (χ4n) is 2.23. The summed E-state index contributed by atoms with van der Waals surface area (Å²) in [5.74, 6) is -0.203. The lowest BCUT2D eigenvalue weighted by Crippen LogP contribution is -2.38. The maximum Gasteiger partial charge on any atom is 0.220 e. The van der Waals surface area contributed by atoms with Gasteiger partial charge in [-0.15, -0.1) is 0 Å². The Hall–Kier alpha value is -1.36. The first kappa shape index (κ1) is 13.1. The number of piperidine rings is 1. The van der Waals surface area contributed by atoms with E-state index in [2.05, 4.69) is 20.8 Å². The Morgan fingerprint density at radius 2 is 2.06 bits per heavy atom. The van der Waals surface area contributed by atoms with Crippen LogP contribution in [0.5, 0.6) is 0 Å². The molecule has 1 aromatic rings. The molecule has 0 aliphatic carbocycles. The van der Waals surface area contributed by atoms with E-state index in [0.29, 0.717) is 5.56 Å². The molecule has 1 fully saturated rings. The van der Waals surface area contributed by atoms with E-state index in [-0.39, 0.29) is 11.8 Å². The summed E-state index contributed by atoms with van der Waals surface area (Å²) in [4.78, 5) is 24.0. The molecule has 5 heteroatoms. The summed E-state index contributed by atoms with van der Waals surface area (Å²) in [6, 6.07) is 5.67. The first-order valence-electron chi connectivity index (χ1n) is 5.91. The molecule has 2 rings (SSSR count). The maximum atomic E-state index is 11.1. The fourth-order valence-corrected chi connectivity index (χ4v) is 2.69. The maximum absolute atomic E-state index is 11.1. The summed E-state index contributed by atoms with van der Waals surface area (Å²) in [7, 11) is 0. The monoisotopic (exact) mass is 310 g/mol. The minimum Gasteiger partial charge on any atom is -0.371 e. The zero-order chi connectivity index (χ0) is 13.1. The minimum absolute atomic E-state index is 0.000982. The topological polar surface area (TPSA) is 63.4 Å². The third-order valence-electron chi connectivity index (χ3n) is 3.37. The number of halogens is 1. The zero-order valence-electron chi connectivity index (χ0n) is 9.93. The summed E-state index contributed by atoms with van der Waals surface area (Å²) >= 11 is 3.38. The van der Waals surface area contributed by atoms with Crippen LogP contribution in [0.1, 0.15) is 23.2 Å². The van der Waals surface area contributed by atoms with Crippen LogP contribution in [-0.4, -0.2) is 25.3 Å². The smallest absolute Gasteiger partial charge is 0.220 e. The van der Waals surface area contributed by atoms with Crippen molar-refractivity contribution in [2.45, 2.75) is 12.8 Å². The molecule has 0 radical (unpaired) electrons. The summed E-state index contributed by atoms with van der Waals surface area (Å²) in [6.07, 6.45) is 2.41. The molecule has 1 heterocycles. The van der Waals surface area contributed by atoms with Gasteiger partial charge in [0, 0.05) is 34.7 Å². The van der Waals surface area contributed by atoms with Gasteiger partial charge in [0.05, 0.1) is 0 Å². The van der Waals surface area contributed by atoms with Crippen LogP contribution in [0.3, 0.4) is 0 Å². The Morgan fingerprint density at radius 1 is 1.39 bits per heavy atom. The van der Waals surface area contributed by atoms with Crippen LogP contribution >= 0.6 is 15.9 Å². The summed E-state index contributed by atoms with van der Waals surface area (Å²) in [6.45, 7) is 1.64. The van der Waals surface area contributed by atoms with Crippen LogP contribution in [0.2, 0.25) is 0 Å². The SMILES string of the molecule is NC(=O)C1CCN(c2ccc(C=O)c(Br)c2)CC1. The number of carbonyl (C=O) groups excluding carboxylic acids is 2. The van der Waals surface area contributed by atoms with Gasteiger partial charge in [-0.05, 0) is 47.0 Å². The molecular weight excluding hydrogens is 296 g/mol. The molecule has 2 N–H and O–H groups in total. The lowest BCUT2D eigenvalue weighted by atomic mass is 9.96. The molecule has 1 aliphatic rings. The van der Waals surface area contributed by atoms with Crippen molar-refractivity contribution in [1.82, 2.24) is 0 Å². The highest BCUT2D eigenvalue weighted by Gasteiger charge is 2.23. The van der Waals surface area contributed by atoms with Gasteiger partial charge in [0.2, 0.25) is 5.91 Å². The highest BCUT2D eigenvalue weighted by molar-refractivity contribution is 9.10. The van der Waals surface area contributed by atoms with Crippen molar-refractivity contribution < 1.29 is 9.59 Å². The number of benzene rings is 1. The predicted molar refractivity (Wildman–Crippen MR) is 73.7 cm³/mol. The zero-order valence-corrected chi connectivity index (χ0v) is 11.5. The number of amides is 1. The number of aldehydes is 1. The van der Waals surface area contributed by atoms with E-state index < -0.39 is 0 Å². The van der Waals surface area contributed by atoms with Crippen molar-refractivity contribution in [2.75, 3.05) is 18.0 Å². The molecule has 1 amide bonds. The molecule has 0 saturated carbocycles. The van der Waals surface area contributed by atoms with E-state index in [9.17, 15) is 9.59 Å². The number of anilines is 1. The number of nitrogens with zero attached hydrogens (tertiary/aromatic N) is 1. The van der Waals surface area contributed by atoms with Crippen LogP contribution in [0, 0.1) is 5.92 Å². The fraction of sp³-hybridized carbons (Fsp3) is 0.385. The van der Waals surface area contributed by atoms with Crippen molar-refractivity contribution in [3.63, 3.8) is 0 Å². The molecule has 0 spiro atoms. The Labute approximate surface area is 114 Å². The second-order valence-electron chi connectivity index (χ2n) is 4.49. The Bertz CT molecular complexity index is 468. The standard InChI is InChI=1S/C13H15BrN2O2/c14-12-7-11(2-1-10(12)8-17)16-5-3-9(4-6-16)13(15)18/h1-2,7-9H,3-6H2,(H2,15,18). The molecule has 0 unspecified atom stereocenters. The van der Waals surface area contributed by atoms with Gasteiger partial charge in [0.1, 0.15) is 0 Å². The number of carbonyl (C=O) groups is 2. The Kier molecular flexibility index (Phi) is 4.01. The van der Waals surface area contributed by atoms with Crippen molar-refractivity contribution >= 4 is 33.8 Å². The molecule has 1 saturated heterocycles. The van der Waals surface area contributed by atoms with Crippen LogP contribution in [0.15, 0.2) is 22.7 Å². The number of nitrogens with two attached hydrogens (primary N) is 1. The van der Waals surface area contributed by atoms with E-state index in [4.69, 9.17) is 5.73 Å². The van der Waals surface area contributed by atoms with E-state index in [0.717, 1.165) is 42.4 Å². The lowest BCUT2D eigenvalue weighted by molar-refractivity contribution is -0.122. The van der Waals surface area contributed by atoms with E-state index in [1.807, 2.05) is 12.1 Å². The summed E-state index contributed by atoms with van der Waals surface area (Å²) in [5, 5.41) is 0. The van der Waals surface area contributed by atoms with Gasteiger partial charge in [-0.25, -0.2) is 0 Å². The Balaban J connectivity index is 2.08. The van der Waals surface area contributed by atoms with Crippen molar-refractivity contribution in [2.24, 2.45) is 11.7 Å². The van der Waals surface area contributed by atoms with Gasteiger partial charge in [0.15, 0.2) is 6.29 Å². The van der Waals surface area contributed by atoms with E-state index >= 15 is 0 Å². The number of hydrogen-bond acceptors (Lipinski definition) is 3. The predicted octanol–water partition coefficient (Wildman–Crippen LogP) is 1.96. The molecule has 1 aliphatic heterocycles. The van der Waals surface area contributed by atoms with Crippen LogP contribution in [0.4, 0.5) is 5.69 Å². The number of primary amides is 1. The van der Waals surface area contributed by atoms with Gasteiger partial charge >= 0.3 is 0 Å². The van der Waals surface area contributed by atoms with E-state index in [1.54, 1.807) is 6.07 Å².